The highest BCUT2D eigenvalue weighted by Crippen LogP contribution is 2.65. The second kappa shape index (κ2) is 8.14. The molecule has 0 aromatic heterocycles. The first-order valence-corrected chi connectivity index (χ1v) is 10.0. The molecule has 35 heavy (non-hydrogen) atoms. The standard InChI is InChI=1S/C14H4ClF17O2S/c15-35(33,34)6-3-1-2-5(4-6)7(16,17)8(18,19)9(20,21)10(22,23)11(24,25)12(26,27)13(28,29)14(30,31)32/h1-4H. The van der Waals surface area contributed by atoms with Crippen molar-refractivity contribution >= 4 is 19.7 Å². The van der Waals surface area contributed by atoms with Gasteiger partial charge in [0, 0.05) is 16.2 Å². The zero-order valence-corrected chi connectivity index (χ0v) is 16.9. The van der Waals surface area contributed by atoms with Crippen LogP contribution in [-0.4, -0.2) is 50.1 Å². The summed E-state index contributed by atoms with van der Waals surface area (Å²) in [7, 11) is -0.445. The first-order chi connectivity index (χ1) is 15.0. The fourth-order valence-electron chi connectivity index (χ4n) is 2.19. The van der Waals surface area contributed by atoms with Crippen LogP contribution in [0.15, 0.2) is 29.2 Å². The van der Waals surface area contributed by atoms with E-state index in [1.165, 1.54) is 0 Å². The van der Waals surface area contributed by atoms with Crippen molar-refractivity contribution in [2.45, 2.75) is 52.5 Å². The maximum atomic E-state index is 14.1. The van der Waals surface area contributed by atoms with Gasteiger partial charge in [-0.1, -0.05) is 12.1 Å². The lowest BCUT2D eigenvalue weighted by Crippen LogP contribution is -2.74. The molecule has 1 aromatic rings. The Morgan fingerprint density at radius 3 is 1.23 bits per heavy atom. The van der Waals surface area contributed by atoms with Crippen molar-refractivity contribution in [3.63, 3.8) is 0 Å². The van der Waals surface area contributed by atoms with Crippen LogP contribution in [0.25, 0.3) is 0 Å². The molecule has 0 saturated heterocycles. The van der Waals surface area contributed by atoms with E-state index in [1.54, 1.807) is 0 Å². The van der Waals surface area contributed by atoms with Crippen molar-refractivity contribution in [2.24, 2.45) is 0 Å². The molecule has 0 fully saturated rings. The van der Waals surface area contributed by atoms with Gasteiger partial charge in [0.25, 0.3) is 9.05 Å². The topological polar surface area (TPSA) is 34.1 Å². The fourth-order valence-corrected chi connectivity index (χ4v) is 2.98. The Labute approximate surface area is 186 Å². The van der Waals surface area contributed by atoms with Crippen LogP contribution < -0.4 is 0 Å². The summed E-state index contributed by atoms with van der Waals surface area (Å²) < 4.78 is 247. The van der Waals surface area contributed by atoms with Gasteiger partial charge in [-0.25, -0.2) is 8.42 Å². The summed E-state index contributed by atoms with van der Waals surface area (Å²) >= 11 is 0. The van der Waals surface area contributed by atoms with Gasteiger partial charge in [-0.05, 0) is 12.1 Å². The van der Waals surface area contributed by atoms with Gasteiger partial charge in [-0.3, -0.25) is 0 Å². The highest BCUT2D eigenvalue weighted by Gasteiger charge is 2.95. The molecular formula is C14H4ClF17O2S. The Morgan fingerprint density at radius 1 is 0.543 bits per heavy atom. The number of hydrogen-bond acceptors (Lipinski definition) is 2. The van der Waals surface area contributed by atoms with Gasteiger partial charge in [0.05, 0.1) is 4.90 Å². The van der Waals surface area contributed by atoms with Gasteiger partial charge in [-0.2, -0.15) is 74.6 Å². The third-order valence-electron chi connectivity index (χ3n) is 4.20. The molecule has 0 aliphatic heterocycles. The van der Waals surface area contributed by atoms with Crippen molar-refractivity contribution in [3.8, 4) is 0 Å². The molecule has 0 atom stereocenters. The number of alkyl halides is 17. The van der Waals surface area contributed by atoms with Crippen molar-refractivity contribution in [3.05, 3.63) is 29.8 Å². The SMILES string of the molecule is O=S(=O)(Cl)c1cccc(C(F)(F)C(F)(F)C(F)(F)C(F)(F)C(F)(F)C(F)(F)C(F)(F)C(F)(F)F)c1. The molecule has 204 valence electrons. The van der Waals surface area contributed by atoms with Gasteiger partial charge < -0.3 is 0 Å². The van der Waals surface area contributed by atoms with E-state index < -0.39 is 73.2 Å². The molecule has 0 spiro atoms. The maximum Gasteiger partial charge on any atom is 0.460 e. The first kappa shape index (κ1) is 31.3. The Balaban J connectivity index is 3.79. The average Bonchev–Trinajstić information content (AvgIpc) is 2.65. The minimum Gasteiger partial charge on any atom is -0.207 e. The predicted octanol–water partition coefficient (Wildman–Crippen LogP) is 7.08. The molecule has 2 nitrogen and oxygen atoms in total. The van der Waals surface area contributed by atoms with E-state index in [-0.39, 0.29) is 18.2 Å². The van der Waals surface area contributed by atoms with Gasteiger partial charge in [0.15, 0.2) is 0 Å². The number of benzene rings is 1. The molecule has 0 saturated carbocycles. The quantitative estimate of drug-likeness (QED) is 0.238. The average molecular weight is 595 g/mol. The van der Waals surface area contributed by atoms with Crippen molar-refractivity contribution < 1.29 is 83.1 Å². The molecule has 0 bridgehead atoms. The lowest BCUT2D eigenvalue weighted by atomic mass is 9.87. The molecule has 0 heterocycles. The molecule has 21 heteroatoms. The lowest BCUT2D eigenvalue weighted by molar-refractivity contribution is -0.462. The van der Waals surface area contributed by atoms with Crippen LogP contribution in [0.1, 0.15) is 5.56 Å². The Bertz CT molecular complexity index is 1060. The van der Waals surface area contributed by atoms with E-state index in [1.807, 2.05) is 0 Å². The third-order valence-corrected chi connectivity index (χ3v) is 5.55. The van der Waals surface area contributed by atoms with E-state index in [0.29, 0.717) is 0 Å². The monoisotopic (exact) mass is 594 g/mol. The largest absolute Gasteiger partial charge is 0.460 e. The van der Waals surface area contributed by atoms with Gasteiger partial charge in [0.2, 0.25) is 0 Å². The van der Waals surface area contributed by atoms with E-state index >= 15 is 0 Å². The second-order valence-electron chi connectivity index (χ2n) is 6.48. The zero-order chi connectivity index (χ0) is 28.5. The highest BCUT2D eigenvalue weighted by molar-refractivity contribution is 8.13. The molecular weight excluding hydrogens is 591 g/mol. The summed E-state index contributed by atoms with van der Waals surface area (Å²) in [6.45, 7) is 0. The van der Waals surface area contributed by atoms with E-state index in [9.17, 15) is 83.1 Å². The van der Waals surface area contributed by atoms with Crippen LogP contribution in [-0.2, 0) is 15.0 Å². The van der Waals surface area contributed by atoms with Crippen LogP contribution in [0.5, 0.6) is 0 Å². The highest BCUT2D eigenvalue weighted by atomic mass is 35.7. The molecule has 1 aromatic carbocycles. The van der Waals surface area contributed by atoms with Crippen molar-refractivity contribution in [1.29, 1.82) is 0 Å². The Kier molecular flexibility index (Phi) is 7.28. The molecule has 1 rings (SSSR count). The summed E-state index contributed by atoms with van der Waals surface area (Å²) in [5.74, 6) is -57.7. The van der Waals surface area contributed by atoms with Gasteiger partial charge in [0.1, 0.15) is 0 Å². The van der Waals surface area contributed by atoms with E-state index in [4.69, 9.17) is 0 Å². The smallest absolute Gasteiger partial charge is 0.207 e. The Morgan fingerprint density at radius 2 is 0.886 bits per heavy atom. The minimum absolute atomic E-state index is 0.0670. The third kappa shape index (κ3) is 4.26. The molecule has 0 amide bonds. The fraction of sp³-hybridized carbons (Fsp3) is 0.571. The summed E-state index contributed by atoms with van der Waals surface area (Å²) in [4.78, 5) is -1.58. The number of hydrogen-bond donors (Lipinski definition) is 0. The summed E-state index contributed by atoms with van der Waals surface area (Å²) in [5.41, 5.74) is -2.67. The minimum atomic E-state index is -8.75. The van der Waals surface area contributed by atoms with Crippen LogP contribution in [0.4, 0.5) is 74.6 Å². The normalized spacial score (nSPS) is 15.9. The van der Waals surface area contributed by atoms with Crippen LogP contribution in [0, 0.1) is 0 Å². The molecule has 0 aliphatic carbocycles. The summed E-state index contributed by atoms with van der Waals surface area (Å²) in [6.07, 6.45) is -7.84. The predicted molar refractivity (Wildman–Crippen MR) is 79.1 cm³/mol. The van der Waals surface area contributed by atoms with Crippen molar-refractivity contribution in [2.75, 3.05) is 0 Å². The maximum absolute atomic E-state index is 14.1. The molecule has 0 radical (unpaired) electrons. The van der Waals surface area contributed by atoms with Gasteiger partial charge >= 0.3 is 47.6 Å². The number of rotatable bonds is 8. The van der Waals surface area contributed by atoms with Gasteiger partial charge in [-0.15, -0.1) is 0 Å². The van der Waals surface area contributed by atoms with E-state index in [0.717, 1.165) is 0 Å². The molecule has 0 unspecified atom stereocenters. The summed E-state index contributed by atoms with van der Waals surface area (Å²) in [6, 6.07) is -0.717. The first-order valence-electron chi connectivity index (χ1n) is 7.73. The molecule has 0 aliphatic rings. The summed E-state index contributed by atoms with van der Waals surface area (Å²) in [5, 5.41) is 0. The molecule has 0 N–H and O–H groups in total. The second-order valence-corrected chi connectivity index (χ2v) is 9.05. The number of halogens is 18. The van der Waals surface area contributed by atoms with Crippen LogP contribution in [0.2, 0.25) is 0 Å². The van der Waals surface area contributed by atoms with E-state index in [2.05, 4.69) is 10.7 Å². The van der Waals surface area contributed by atoms with Crippen LogP contribution >= 0.6 is 10.7 Å². The van der Waals surface area contributed by atoms with Crippen LogP contribution in [0.3, 0.4) is 0 Å². The lowest BCUT2D eigenvalue weighted by Gasteiger charge is -2.42. The van der Waals surface area contributed by atoms with Crippen molar-refractivity contribution in [1.82, 2.24) is 0 Å². The Hall–Kier alpha value is -1.73. The zero-order valence-electron chi connectivity index (χ0n) is 15.3.